The van der Waals surface area contributed by atoms with Crippen molar-refractivity contribution >= 4 is 44.6 Å². The molecule has 1 aromatic rings. The van der Waals surface area contributed by atoms with Crippen molar-refractivity contribution < 1.29 is 18.3 Å². The second kappa shape index (κ2) is 10.9. The third kappa shape index (κ3) is 5.92. The summed E-state index contributed by atoms with van der Waals surface area (Å²) in [5.41, 5.74) is -1.21. The van der Waals surface area contributed by atoms with Crippen LogP contribution in [0.1, 0.15) is 37.7 Å². The van der Waals surface area contributed by atoms with E-state index in [1.165, 1.54) is 23.9 Å². The minimum Gasteiger partial charge on any atom is -0.366 e. The van der Waals surface area contributed by atoms with E-state index in [0.29, 0.717) is 23.8 Å². The van der Waals surface area contributed by atoms with Crippen LogP contribution in [0.4, 0.5) is 4.79 Å². The summed E-state index contributed by atoms with van der Waals surface area (Å²) in [7, 11) is -4.27. The number of rotatable bonds is 8. The van der Waals surface area contributed by atoms with Crippen molar-refractivity contribution in [2.24, 2.45) is 4.99 Å². The summed E-state index contributed by atoms with van der Waals surface area (Å²) in [6.45, 7) is 8.08. The highest BCUT2D eigenvalue weighted by atomic mass is 35.5. The standard InChI is InChI=1S/C22H29ClN4O4S2/c1-3-12-24-21-27(13-4-2)22(29,15-32-21)16-10-11-18(23)19(14-16)33(30,31)26-20(28)25-17-8-6-5-7-9-17/h3-4,10-11,14,17,29H,1-2,5-9,12-13,15H2,(H2,25,26,28). The van der Waals surface area contributed by atoms with Crippen LogP contribution in [0.2, 0.25) is 5.02 Å². The predicted octanol–water partition coefficient (Wildman–Crippen LogP) is 3.58. The molecule has 11 heteroatoms. The van der Waals surface area contributed by atoms with Gasteiger partial charge >= 0.3 is 6.03 Å². The molecule has 3 rings (SSSR count). The maximum atomic E-state index is 13.0. The first-order valence-corrected chi connectivity index (χ1v) is 13.6. The Bertz CT molecular complexity index is 1040. The fourth-order valence-corrected chi connectivity index (χ4v) is 6.59. The Morgan fingerprint density at radius 3 is 2.70 bits per heavy atom. The van der Waals surface area contributed by atoms with Gasteiger partial charge in [0.2, 0.25) is 0 Å². The second-order valence-electron chi connectivity index (χ2n) is 7.98. The average Bonchev–Trinajstić information content (AvgIpc) is 3.09. The van der Waals surface area contributed by atoms with Crippen molar-refractivity contribution in [1.29, 1.82) is 0 Å². The summed E-state index contributed by atoms with van der Waals surface area (Å²) < 4.78 is 28.0. The zero-order valence-electron chi connectivity index (χ0n) is 18.3. The summed E-state index contributed by atoms with van der Waals surface area (Å²) in [5, 5.41) is 14.8. The SMILES string of the molecule is C=CCN=C1SCC(O)(c2ccc(Cl)c(S(=O)(=O)NC(=O)NC3CCCCC3)c2)N1CC=C. The third-order valence-electron chi connectivity index (χ3n) is 5.60. The van der Waals surface area contributed by atoms with E-state index in [1.54, 1.807) is 23.1 Å². The molecule has 1 saturated heterocycles. The molecular weight excluding hydrogens is 484 g/mol. The topological polar surface area (TPSA) is 111 Å². The van der Waals surface area contributed by atoms with Gasteiger partial charge in [0.1, 0.15) is 4.90 Å². The molecule has 0 radical (unpaired) electrons. The molecule has 2 amide bonds. The van der Waals surface area contributed by atoms with E-state index in [0.717, 1.165) is 32.1 Å². The van der Waals surface area contributed by atoms with Gasteiger partial charge in [-0.15, -0.1) is 13.2 Å². The largest absolute Gasteiger partial charge is 0.366 e. The molecule has 2 fully saturated rings. The average molecular weight is 513 g/mol. The minimum atomic E-state index is -4.27. The normalized spacial score (nSPS) is 22.8. The Kier molecular flexibility index (Phi) is 8.49. The van der Waals surface area contributed by atoms with Gasteiger partial charge in [-0.3, -0.25) is 4.99 Å². The quantitative estimate of drug-likeness (QED) is 0.459. The summed E-state index contributed by atoms with van der Waals surface area (Å²) in [4.78, 5) is 18.1. The maximum absolute atomic E-state index is 13.0. The summed E-state index contributed by atoms with van der Waals surface area (Å²) >= 11 is 7.55. The van der Waals surface area contributed by atoms with E-state index in [2.05, 4.69) is 28.2 Å². The molecule has 180 valence electrons. The molecule has 1 unspecified atom stereocenters. The van der Waals surface area contributed by atoms with E-state index < -0.39 is 21.8 Å². The first-order chi connectivity index (χ1) is 15.7. The van der Waals surface area contributed by atoms with E-state index in [1.807, 2.05) is 0 Å². The van der Waals surface area contributed by atoms with E-state index >= 15 is 0 Å². The lowest BCUT2D eigenvalue weighted by Crippen LogP contribution is -2.46. The number of nitrogens with zero attached hydrogens (tertiary/aromatic N) is 2. The zero-order chi connectivity index (χ0) is 24.1. The second-order valence-corrected chi connectivity index (χ2v) is 11.0. The van der Waals surface area contributed by atoms with Gasteiger partial charge in [-0.1, -0.05) is 60.8 Å². The summed E-state index contributed by atoms with van der Waals surface area (Å²) in [5.74, 6) is 0.230. The molecule has 1 aliphatic heterocycles. The summed E-state index contributed by atoms with van der Waals surface area (Å²) in [6, 6.07) is 3.43. The van der Waals surface area contributed by atoms with Gasteiger partial charge in [0.25, 0.3) is 10.0 Å². The van der Waals surface area contributed by atoms with Crippen molar-refractivity contribution in [3.8, 4) is 0 Å². The molecule has 0 bridgehead atoms. The van der Waals surface area contributed by atoms with Crippen molar-refractivity contribution in [3.05, 3.63) is 54.1 Å². The number of thioether (sulfide) groups is 1. The number of carbonyl (C=O) groups excluding carboxylic acids is 1. The third-order valence-corrected chi connectivity index (χ3v) is 8.56. The van der Waals surface area contributed by atoms with Crippen molar-refractivity contribution in [3.63, 3.8) is 0 Å². The number of sulfonamides is 1. The molecule has 1 atom stereocenters. The molecule has 2 aliphatic rings. The Hall–Kier alpha value is -2.01. The van der Waals surface area contributed by atoms with E-state index in [4.69, 9.17) is 11.6 Å². The van der Waals surface area contributed by atoms with Gasteiger partial charge < -0.3 is 15.3 Å². The van der Waals surface area contributed by atoms with Crippen LogP contribution in [0, 0.1) is 0 Å². The number of amidine groups is 1. The van der Waals surface area contributed by atoms with Crippen LogP contribution in [-0.4, -0.2) is 54.5 Å². The molecule has 0 aromatic heterocycles. The Morgan fingerprint density at radius 1 is 1.30 bits per heavy atom. The van der Waals surface area contributed by atoms with Gasteiger partial charge in [0.05, 0.1) is 17.3 Å². The number of hydrogen-bond acceptors (Lipinski definition) is 6. The number of carbonyl (C=O) groups is 1. The van der Waals surface area contributed by atoms with Gasteiger partial charge in [-0.05, 0) is 25.0 Å². The fourth-order valence-electron chi connectivity index (χ4n) is 3.95. The number of nitrogens with one attached hydrogen (secondary N) is 2. The molecule has 33 heavy (non-hydrogen) atoms. The first-order valence-electron chi connectivity index (χ1n) is 10.7. The van der Waals surface area contributed by atoms with Gasteiger partial charge in [0.15, 0.2) is 10.9 Å². The van der Waals surface area contributed by atoms with Crippen LogP contribution in [0.5, 0.6) is 0 Å². The van der Waals surface area contributed by atoms with Crippen LogP contribution in [0.15, 0.2) is 53.4 Å². The Morgan fingerprint density at radius 2 is 2.03 bits per heavy atom. The van der Waals surface area contributed by atoms with Crippen molar-refractivity contribution in [2.75, 3.05) is 18.8 Å². The van der Waals surface area contributed by atoms with Crippen molar-refractivity contribution in [2.45, 2.75) is 48.8 Å². The van der Waals surface area contributed by atoms with E-state index in [-0.39, 0.29) is 21.7 Å². The number of benzene rings is 1. The first kappa shape index (κ1) is 25.6. The number of halogens is 1. The molecule has 1 aliphatic carbocycles. The highest BCUT2D eigenvalue weighted by molar-refractivity contribution is 8.14. The molecule has 3 N–H and O–H groups in total. The number of urea groups is 1. The predicted molar refractivity (Wildman–Crippen MR) is 133 cm³/mol. The number of aliphatic hydroxyl groups is 1. The fraction of sp³-hybridized carbons (Fsp3) is 0.455. The lowest BCUT2D eigenvalue weighted by atomic mass is 9.96. The van der Waals surface area contributed by atoms with Crippen LogP contribution in [0.25, 0.3) is 0 Å². The van der Waals surface area contributed by atoms with Crippen LogP contribution in [0.3, 0.4) is 0 Å². The summed E-state index contributed by atoms with van der Waals surface area (Å²) in [6.07, 6.45) is 8.04. The molecule has 1 aromatic carbocycles. The highest BCUT2D eigenvalue weighted by Gasteiger charge is 2.44. The lowest BCUT2D eigenvalue weighted by molar-refractivity contribution is -0.0424. The maximum Gasteiger partial charge on any atom is 0.328 e. The number of amides is 2. The Labute approximate surface area is 204 Å². The zero-order valence-corrected chi connectivity index (χ0v) is 20.7. The van der Waals surface area contributed by atoms with E-state index in [9.17, 15) is 18.3 Å². The van der Waals surface area contributed by atoms with Gasteiger partial charge in [-0.2, -0.15) is 0 Å². The highest BCUT2D eigenvalue weighted by Crippen LogP contribution is 2.40. The van der Waals surface area contributed by atoms with Crippen LogP contribution in [-0.2, 0) is 15.7 Å². The van der Waals surface area contributed by atoms with Crippen LogP contribution >= 0.6 is 23.4 Å². The lowest BCUT2D eigenvalue weighted by Gasteiger charge is -2.34. The molecule has 1 saturated carbocycles. The molecule has 8 nitrogen and oxygen atoms in total. The molecule has 0 spiro atoms. The molecule has 1 heterocycles. The minimum absolute atomic E-state index is 0.0484. The van der Waals surface area contributed by atoms with Crippen molar-refractivity contribution in [1.82, 2.24) is 14.9 Å². The Balaban J connectivity index is 1.86. The molecular formula is C22H29ClN4O4S2. The monoisotopic (exact) mass is 512 g/mol. The van der Waals surface area contributed by atoms with Gasteiger partial charge in [-0.25, -0.2) is 17.9 Å². The smallest absolute Gasteiger partial charge is 0.328 e. The number of hydrogen-bond donors (Lipinski definition) is 3. The van der Waals surface area contributed by atoms with Gasteiger partial charge in [0, 0.05) is 18.2 Å². The van der Waals surface area contributed by atoms with Crippen LogP contribution < -0.4 is 10.0 Å². The number of aliphatic imine (C=N–C) groups is 1.